The predicted octanol–water partition coefficient (Wildman–Crippen LogP) is -0.943. The van der Waals surface area contributed by atoms with E-state index in [4.69, 9.17) is 7.25 Å². The molecule has 0 aromatic carbocycles. The molecule has 10 heavy (non-hydrogen) atoms. The fourth-order valence-corrected chi connectivity index (χ4v) is 1.16. The van der Waals surface area contributed by atoms with Gasteiger partial charge in [0, 0.05) is 19.0 Å². The molecule has 0 saturated carbocycles. The number of primary amides is 1. The first-order valence-corrected chi connectivity index (χ1v) is 3.45. The molecular weight excluding hydrogens is 130 g/mol. The minimum atomic E-state index is -0.182. The number of hydrogen-bond donors (Lipinski definition) is 2. The van der Waals surface area contributed by atoms with Crippen LogP contribution in [0.5, 0.6) is 0 Å². The Bertz CT molecular complexity index is 145. The number of hydrazine groups is 1. The second-order valence-corrected chi connectivity index (χ2v) is 2.67. The van der Waals surface area contributed by atoms with Crippen molar-refractivity contribution in [3.63, 3.8) is 0 Å². The van der Waals surface area contributed by atoms with Crippen molar-refractivity contribution >= 4 is 5.91 Å². The summed E-state index contributed by atoms with van der Waals surface area (Å²) >= 11 is 0. The molecule has 1 aliphatic heterocycles. The van der Waals surface area contributed by atoms with Crippen molar-refractivity contribution in [1.82, 2.24) is 5.01 Å². The van der Waals surface area contributed by atoms with E-state index in [1.165, 1.54) is 0 Å². The van der Waals surface area contributed by atoms with Gasteiger partial charge in [-0.05, 0) is 12.8 Å². The van der Waals surface area contributed by atoms with Crippen LogP contribution in [0.1, 0.15) is 12.8 Å². The van der Waals surface area contributed by atoms with Crippen molar-refractivity contribution in [2.75, 3.05) is 13.1 Å². The summed E-state index contributed by atoms with van der Waals surface area (Å²) in [5.74, 6) is 5.30. The maximum Gasteiger partial charge on any atom is 0.220 e. The average Bonchev–Trinajstić information content (AvgIpc) is 2.05. The molecule has 4 nitrogen and oxygen atoms in total. The molecule has 0 atom stereocenters. The van der Waals surface area contributed by atoms with Gasteiger partial charge < -0.3 is 5.73 Å². The molecule has 58 valence electrons. The third-order valence-corrected chi connectivity index (χ3v) is 1.90. The van der Waals surface area contributed by atoms with Crippen LogP contribution in [0.25, 0.3) is 0 Å². The summed E-state index contributed by atoms with van der Waals surface area (Å²) in [6.07, 6.45) is 1.53. The van der Waals surface area contributed by atoms with E-state index < -0.39 is 0 Å². The van der Waals surface area contributed by atoms with Crippen molar-refractivity contribution in [2.45, 2.75) is 12.8 Å². The van der Waals surface area contributed by atoms with Crippen molar-refractivity contribution in [1.29, 1.82) is 0 Å². The molecule has 0 unspecified atom stereocenters. The number of hydrogen-bond acceptors (Lipinski definition) is 3. The van der Waals surface area contributed by atoms with Crippen LogP contribution < -0.4 is 11.6 Å². The van der Waals surface area contributed by atoms with Gasteiger partial charge in [0.1, 0.15) is 0 Å². The Labute approximate surface area is 61.6 Å². The van der Waals surface area contributed by atoms with Gasteiger partial charge in [0.15, 0.2) is 1.41 Å². The average molecular weight is 144 g/mol. The minimum absolute atomic E-state index is 0.00713. The molecule has 1 amide bonds. The molecule has 0 aromatic rings. The molecule has 0 aromatic heterocycles. The molecule has 0 radical (unpaired) electrons. The fraction of sp³-hybridized carbons (Fsp3) is 0.833. The molecule has 0 spiro atoms. The van der Waals surface area contributed by atoms with Crippen molar-refractivity contribution in [3.8, 4) is 0 Å². The number of nitrogens with two attached hydrogens (primary N) is 2. The Morgan fingerprint density at radius 3 is 2.70 bits per heavy atom. The summed E-state index contributed by atoms with van der Waals surface area (Å²) in [6, 6.07) is 0. The molecule has 1 saturated heterocycles. The third kappa shape index (κ3) is 1.68. The van der Waals surface area contributed by atoms with Crippen LogP contribution in [0.15, 0.2) is 0 Å². The van der Waals surface area contributed by atoms with E-state index in [2.05, 4.69) is 0 Å². The van der Waals surface area contributed by atoms with E-state index in [9.17, 15) is 4.79 Å². The summed E-state index contributed by atoms with van der Waals surface area (Å²) < 4.78 is 6.65. The molecule has 1 heterocycles. The van der Waals surface area contributed by atoms with Crippen molar-refractivity contribution in [3.05, 3.63) is 0 Å². The molecule has 1 aliphatic rings. The van der Waals surface area contributed by atoms with Gasteiger partial charge in [-0.25, -0.2) is 5.01 Å². The minimum Gasteiger partial charge on any atom is -0.369 e. The molecule has 0 bridgehead atoms. The van der Waals surface area contributed by atoms with E-state index in [0.717, 1.165) is 25.9 Å². The molecule has 4 heteroatoms. The highest BCUT2D eigenvalue weighted by atomic mass is 16.1. The lowest BCUT2D eigenvalue weighted by Crippen LogP contribution is -2.42. The highest BCUT2D eigenvalue weighted by Gasteiger charge is 2.20. The zero-order chi connectivity index (χ0) is 8.27. The number of nitrogens with zero attached hydrogens (tertiary/aromatic N) is 1. The number of rotatable bonds is 1. The largest absolute Gasteiger partial charge is 0.369 e. The van der Waals surface area contributed by atoms with Gasteiger partial charge in [0.25, 0.3) is 0 Å². The first kappa shape index (κ1) is 6.12. The number of amides is 1. The Morgan fingerprint density at radius 1 is 1.60 bits per heavy atom. The molecule has 4 N–H and O–H groups in total. The summed E-state index contributed by atoms with van der Waals surface area (Å²) in [5, 5.41) is 1.70. The summed E-state index contributed by atoms with van der Waals surface area (Å²) in [4.78, 5) is 10.9. The topological polar surface area (TPSA) is 72.4 Å². The Hall–Kier alpha value is -0.610. The van der Waals surface area contributed by atoms with Gasteiger partial charge in [0.05, 0.1) is 0 Å². The Morgan fingerprint density at radius 2 is 2.20 bits per heavy atom. The van der Waals surface area contributed by atoms with Gasteiger partial charge in [-0.1, -0.05) is 0 Å². The fourth-order valence-electron chi connectivity index (χ4n) is 1.16. The van der Waals surface area contributed by atoms with Gasteiger partial charge in [-0.3, -0.25) is 10.6 Å². The van der Waals surface area contributed by atoms with Gasteiger partial charge >= 0.3 is 0 Å². The maximum absolute atomic E-state index is 10.9. The van der Waals surface area contributed by atoms with E-state index in [-0.39, 0.29) is 11.8 Å². The lowest BCUT2D eigenvalue weighted by atomic mass is 9.97. The second-order valence-electron chi connectivity index (χ2n) is 2.67. The lowest BCUT2D eigenvalue weighted by molar-refractivity contribution is -0.123. The van der Waals surface area contributed by atoms with E-state index >= 15 is 0 Å². The molecule has 0 aliphatic carbocycles. The highest BCUT2D eigenvalue weighted by Crippen LogP contribution is 2.13. The predicted molar refractivity (Wildman–Crippen MR) is 37.7 cm³/mol. The van der Waals surface area contributed by atoms with Crippen LogP contribution in [0.2, 0.25) is 1.41 Å². The Kier molecular flexibility index (Phi) is 1.83. The van der Waals surface area contributed by atoms with Gasteiger partial charge in [0.2, 0.25) is 5.91 Å². The van der Waals surface area contributed by atoms with Crippen LogP contribution >= 0.6 is 0 Å². The van der Waals surface area contributed by atoms with Crippen LogP contribution in [0, 0.1) is 5.92 Å². The third-order valence-electron chi connectivity index (χ3n) is 1.90. The van der Waals surface area contributed by atoms with E-state index in [1.807, 2.05) is 5.73 Å². The van der Waals surface area contributed by atoms with Crippen LogP contribution in [0.4, 0.5) is 0 Å². The zero-order valence-electron chi connectivity index (χ0n) is 6.84. The second kappa shape index (κ2) is 2.98. The van der Waals surface area contributed by atoms with E-state index in [0.29, 0.717) is 0 Å². The van der Waals surface area contributed by atoms with E-state index in [1.54, 1.807) is 5.01 Å². The number of piperidine rings is 1. The number of carbonyl (C=O) groups excluding carboxylic acids is 1. The first-order valence-electron chi connectivity index (χ1n) is 3.95. The monoisotopic (exact) mass is 144 g/mol. The smallest absolute Gasteiger partial charge is 0.220 e. The standard InChI is InChI=1S/C6H13N3O/c7-6(10)5-1-3-9(8)4-2-5/h5H,1-4,8H2,(H2,7,10)/i/hD. The lowest BCUT2D eigenvalue weighted by Gasteiger charge is -2.26. The Balaban J connectivity index is 2.33. The normalized spacial score (nSPS) is 23.9. The SMILES string of the molecule is [2H]NC(=O)C1CCN(N)CC1. The zero-order valence-corrected chi connectivity index (χ0v) is 5.84. The number of carbonyl (C=O) groups is 1. The quantitative estimate of drug-likeness (QED) is 0.466. The van der Waals surface area contributed by atoms with Gasteiger partial charge in [-0.15, -0.1) is 0 Å². The van der Waals surface area contributed by atoms with Crippen LogP contribution in [-0.2, 0) is 4.79 Å². The molecule has 1 fully saturated rings. The molecular formula is C6H13N3O. The summed E-state index contributed by atoms with van der Waals surface area (Å²) in [5.41, 5.74) is 1.90. The van der Waals surface area contributed by atoms with Crippen molar-refractivity contribution in [2.24, 2.45) is 17.5 Å². The maximum atomic E-state index is 10.9. The first-order chi connectivity index (χ1) is 5.24. The molecule has 1 rings (SSSR count). The van der Waals surface area contributed by atoms with Crippen LogP contribution in [0.3, 0.4) is 0 Å². The highest BCUT2D eigenvalue weighted by molar-refractivity contribution is 5.76. The summed E-state index contributed by atoms with van der Waals surface area (Å²) in [7, 11) is 0. The van der Waals surface area contributed by atoms with Crippen LogP contribution in [-0.4, -0.2) is 24.0 Å². The summed E-state index contributed by atoms with van der Waals surface area (Å²) in [6.45, 7) is 1.50. The van der Waals surface area contributed by atoms with Gasteiger partial charge in [-0.2, -0.15) is 0 Å². The van der Waals surface area contributed by atoms with Crippen molar-refractivity contribution < 1.29 is 6.21 Å².